The van der Waals surface area contributed by atoms with Gasteiger partial charge in [0.15, 0.2) is 0 Å². The van der Waals surface area contributed by atoms with E-state index in [1.807, 2.05) is 68.4 Å². The molecule has 0 heterocycles. The first-order valence-corrected chi connectivity index (χ1v) is 10.8. The molecule has 0 unspecified atom stereocenters. The number of nitrogens with two attached hydrogens (primary N) is 1. The lowest BCUT2D eigenvalue weighted by molar-refractivity contribution is 0.0975. The fraction of sp³-hybridized carbons (Fsp3) is 0.423. The molecule has 5 nitrogen and oxygen atoms in total. The highest BCUT2D eigenvalue weighted by molar-refractivity contribution is 5.92. The van der Waals surface area contributed by atoms with E-state index in [-0.39, 0.29) is 24.2 Å². The van der Waals surface area contributed by atoms with Gasteiger partial charge in [-0.2, -0.15) is 0 Å². The predicted molar refractivity (Wildman–Crippen MR) is 128 cm³/mol. The zero-order valence-corrected chi connectivity index (χ0v) is 19.3. The molecule has 3 N–H and O–H groups in total. The van der Waals surface area contributed by atoms with Gasteiger partial charge in [-0.3, -0.25) is 4.90 Å². The molecule has 0 aromatic heterocycles. The van der Waals surface area contributed by atoms with E-state index in [2.05, 4.69) is 31.0 Å². The third-order valence-corrected chi connectivity index (χ3v) is 5.17. The van der Waals surface area contributed by atoms with Gasteiger partial charge in [0.2, 0.25) is 0 Å². The maximum absolute atomic E-state index is 13.2. The third-order valence-electron chi connectivity index (χ3n) is 5.17. The summed E-state index contributed by atoms with van der Waals surface area (Å²) in [6, 6.07) is 16.9. The van der Waals surface area contributed by atoms with Gasteiger partial charge in [-0.25, -0.2) is 4.79 Å². The second-order valence-electron chi connectivity index (χ2n) is 8.24. The molecular weight excluding hydrogens is 386 g/mol. The maximum atomic E-state index is 13.2. The number of benzene rings is 2. The van der Waals surface area contributed by atoms with E-state index in [1.165, 1.54) is 0 Å². The average molecular weight is 422 g/mol. The molecule has 0 saturated heterocycles. The Bertz CT molecular complexity index is 869. The van der Waals surface area contributed by atoms with Gasteiger partial charge in [-0.05, 0) is 49.6 Å². The van der Waals surface area contributed by atoms with Crippen LogP contribution in [-0.2, 0) is 4.74 Å². The highest BCUT2D eigenvalue weighted by atomic mass is 16.5. The minimum Gasteiger partial charge on any atom is -0.380 e. The molecule has 2 aromatic rings. The molecule has 0 saturated carbocycles. The van der Waals surface area contributed by atoms with Gasteiger partial charge in [0.05, 0.1) is 12.1 Å². The SMILES string of the molecule is CO[C@H](C)[C@H](N)CN(C(=O)N[C@@H](C)c1ccccc1)c1ccc(C#CCC(C)C)cc1. The van der Waals surface area contributed by atoms with Gasteiger partial charge in [0, 0.05) is 37.4 Å². The van der Waals surface area contributed by atoms with E-state index < -0.39 is 0 Å². The van der Waals surface area contributed by atoms with Crippen LogP contribution in [-0.4, -0.2) is 31.8 Å². The van der Waals surface area contributed by atoms with E-state index >= 15 is 0 Å². The predicted octanol–water partition coefficient (Wildman–Crippen LogP) is 4.72. The van der Waals surface area contributed by atoms with Crippen molar-refractivity contribution in [1.82, 2.24) is 5.32 Å². The molecule has 0 fully saturated rings. The van der Waals surface area contributed by atoms with Gasteiger partial charge in [-0.1, -0.05) is 56.0 Å². The number of anilines is 1. The molecule has 31 heavy (non-hydrogen) atoms. The van der Waals surface area contributed by atoms with Crippen LogP contribution >= 0.6 is 0 Å². The molecule has 0 radical (unpaired) electrons. The number of carbonyl (C=O) groups is 1. The standard InChI is InChI=1S/C26H35N3O2/c1-19(2)10-9-11-22-14-16-24(17-15-22)29(18-25(27)21(4)31-5)26(30)28-20(3)23-12-7-6-8-13-23/h6-8,12-17,19-21,25H,10,18,27H2,1-5H3,(H,28,30)/t20-,21+,25+/m0/s1. The van der Waals surface area contributed by atoms with Gasteiger partial charge in [0.1, 0.15) is 0 Å². The van der Waals surface area contributed by atoms with Crippen LogP contribution in [0.1, 0.15) is 51.3 Å². The summed E-state index contributed by atoms with van der Waals surface area (Å²) in [4.78, 5) is 14.9. The minimum atomic E-state index is -0.326. The molecule has 0 spiro atoms. The lowest BCUT2D eigenvalue weighted by Crippen LogP contribution is -2.50. The first-order valence-electron chi connectivity index (χ1n) is 10.8. The van der Waals surface area contributed by atoms with E-state index in [4.69, 9.17) is 10.5 Å². The summed E-state index contributed by atoms with van der Waals surface area (Å²) in [5.41, 5.74) is 9.04. The Labute approximate surface area is 187 Å². The van der Waals surface area contributed by atoms with Crippen LogP contribution in [0.15, 0.2) is 54.6 Å². The molecule has 5 heteroatoms. The first-order chi connectivity index (χ1) is 14.8. The lowest BCUT2D eigenvalue weighted by Gasteiger charge is -2.30. The third kappa shape index (κ3) is 7.75. The van der Waals surface area contributed by atoms with Crippen LogP contribution in [0.5, 0.6) is 0 Å². The molecule has 0 aliphatic rings. The van der Waals surface area contributed by atoms with E-state index in [9.17, 15) is 4.79 Å². The number of rotatable bonds is 8. The average Bonchev–Trinajstić information content (AvgIpc) is 2.77. The Morgan fingerprint density at radius 2 is 1.71 bits per heavy atom. The number of carbonyl (C=O) groups excluding carboxylic acids is 1. The van der Waals surface area contributed by atoms with Crippen molar-refractivity contribution < 1.29 is 9.53 Å². The fourth-order valence-corrected chi connectivity index (χ4v) is 3.01. The zero-order valence-electron chi connectivity index (χ0n) is 19.3. The molecule has 2 rings (SSSR count). The number of hydrogen-bond donors (Lipinski definition) is 2. The highest BCUT2D eigenvalue weighted by Gasteiger charge is 2.23. The second-order valence-corrected chi connectivity index (χ2v) is 8.24. The number of ether oxygens (including phenoxy) is 1. The van der Waals surface area contributed by atoms with Gasteiger partial charge in [-0.15, -0.1) is 0 Å². The summed E-state index contributed by atoms with van der Waals surface area (Å²) in [5.74, 6) is 6.91. The van der Waals surface area contributed by atoms with E-state index in [0.717, 1.165) is 23.2 Å². The monoisotopic (exact) mass is 421 g/mol. The summed E-state index contributed by atoms with van der Waals surface area (Å²) < 4.78 is 5.36. The van der Waals surface area contributed by atoms with Crippen molar-refractivity contribution >= 4 is 11.7 Å². The fourth-order valence-electron chi connectivity index (χ4n) is 3.01. The molecule has 166 valence electrons. The quantitative estimate of drug-likeness (QED) is 0.606. The lowest BCUT2D eigenvalue weighted by atomic mass is 10.1. The van der Waals surface area contributed by atoms with Crippen LogP contribution in [0.2, 0.25) is 0 Å². The van der Waals surface area contributed by atoms with Crippen LogP contribution < -0.4 is 16.0 Å². The summed E-state index contributed by atoms with van der Waals surface area (Å²) >= 11 is 0. The second kappa shape index (κ2) is 12.1. The summed E-state index contributed by atoms with van der Waals surface area (Å²) in [7, 11) is 1.62. The summed E-state index contributed by atoms with van der Waals surface area (Å²) in [6.07, 6.45) is 0.681. The van der Waals surface area contributed by atoms with Crippen LogP contribution in [0.4, 0.5) is 10.5 Å². The van der Waals surface area contributed by atoms with Crippen molar-refractivity contribution in [1.29, 1.82) is 0 Å². The topological polar surface area (TPSA) is 67.6 Å². The molecule has 2 aromatic carbocycles. The van der Waals surface area contributed by atoms with Gasteiger partial charge >= 0.3 is 6.03 Å². The molecule has 0 bridgehead atoms. The van der Waals surface area contributed by atoms with Gasteiger partial charge in [0.25, 0.3) is 0 Å². The Morgan fingerprint density at radius 3 is 2.29 bits per heavy atom. The number of amides is 2. The van der Waals surface area contributed by atoms with Crippen LogP contribution in [0, 0.1) is 17.8 Å². The Balaban J connectivity index is 2.21. The van der Waals surface area contributed by atoms with Crippen molar-refractivity contribution in [3.8, 4) is 11.8 Å². The Morgan fingerprint density at radius 1 is 1.06 bits per heavy atom. The number of urea groups is 1. The number of nitrogens with zero attached hydrogens (tertiary/aromatic N) is 1. The molecule has 2 amide bonds. The van der Waals surface area contributed by atoms with Crippen molar-refractivity contribution in [3.05, 3.63) is 65.7 Å². The first kappa shape index (κ1) is 24.5. The van der Waals surface area contributed by atoms with Crippen molar-refractivity contribution in [3.63, 3.8) is 0 Å². The number of methoxy groups -OCH3 is 1. The number of hydrogen-bond acceptors (Lipinski definition) is 3. The smallest absolute Gasteiger partial charge is 0.322 e. The number of nitrogens with one attached hydrogen (secondary N) is 1. The van der Waals surface area contributed by atoms with Crippen LogP contribution in [0.3, 0.4) is 0 Å². The minimum absolute atomic E-state index is 0.131. The molecule has 3 atom stereocenters. The van der Waals surface area contributed by atoms with Gasteiger partial charge < -0.3 is 15.8 Å². The highest BCUT2D eigenvalue weighted by Crippen LogP contribution is 2.19. The Hall–Kier alpha value is -2.81. The normalized spacial score (nSPS) is 13.6. The van der Waals surface area contributed by atoms with Crippen molar-refractivity contribution in [2.45, 2.75) is 52.3 Å². The largest absolute Gasteiger partial charge is 0.380 e. The van der Waals surface area contributed by atoms with Crippen LogP contribution in [0.25, 0.3) is 0 Å². The summed E-state index contributed by atoms with van der Waals surface area (Å²) in [6.45, 7) is 8.50. The van der Waals surface area contributed by atoms with E-state index in [0.29, 0.717) is 12.5 Å². The van der Waals surface area contributed by atoms with Crippen molar-refractivity contribution in [2.75, 3.05) is 18.6 Å². The summed E-state index contributed by atoms with van der Waals surface area (Å²) in [5, 5.41) is 3.08. The zero-order chi connectivity index (χ0) is 22.8. The molecule has 0 aliphatic heterocycles. The van der Waals surface area contributed by atoms with E-state index in [1.54, 1.807) is 12.0 Å². The Kier molecular flexibility index (Phi) is 9.58. The maximum Gasteiger partial charge on any atom is 0.322 e. The molecule has 0 aliphatic carbocycles. The molecular formula is C26H35N3O2. The van der Waals surface area contributed by atoms with Crippen molar-refractivity contribution in [2.24, 2.45) is 11.7 Å².